The number of aromatic nitrogens is 1. The molecular weight excluding hydrogens is 282 g/mol. The molecule has 0 bridgehead atoms. The molecule has 0 aliphatic carbocycles. The molecule has 112 valence electrons. The Kier molecular flexibility index (Phi) is 2.91. The van der Waals surface area contributed by atoms with Crippen molar-refractivity contribution in [3.63, 3.8) is 0 Å². The first-order chi connectivity index (χ1) is 10.3. The Bertz CT molecular complexity index is 910. The Hall–Kier alpha value is -2.89. The summed E-state index contributed by atoms with van der Waals surface area (Å²) in [6.45, 7) is 5.78. The average Bonchev–Trinajstić information content (AvgIpc) is 2.70. The number of nitrogens with two attached hydrogens (primary N) is 1. The number of carbonyl (C=O) groups is 2. The standard InChI is InChI=1S/C16H15N3O3/c1-7-4-9(3)11(5-8(7)2)19-12(20)6-10-13(14(19)17)16(22)18-15(10)21/h4-6H,17H2,1-3H3,(H,18,21,22). The molecule has 0 saturated carbocycles. The molecule has 2 amide bonds. The first-order valence-corrected chi connectivity index (χ1v) is 6.80. The van der Waals surface area contributed by atoms with E-state index < -0.39 is 17.4 Å². The monoisotopic (exact) mass is 297 g/mol. The predicted octanol–water partition coefficient (Wildman–Crippen LogP) is 1.23. The van der Waals surface area contributed by atoms with Gasteiger partial charge in [-0.2, -0.15) is 0 Å². The molecule has 22 heavy (non-hydrogen) atoms. The molecule has 1 aliphatic heterocycles. The van der Waals surface area contributed by atoms with Gasteiger partial charge in [0.25, 0.3) is 17.4 Å². The number of nitrogens with zero attached hydrogens (tertiary/aromatic N) is 1. The van der Waals surface area contributed by atoms with Crippen molar-refractivity contribution in [3.05, 3.63) is 56.4 Å². The van der Waals surface area contributed by atoms with E-state index in [-0.39, 0.29) is 16.9 Å². The fourth-order valence-electron chi connectivity index (χ4n) is 2.71. The largest absolute Gasteiger partial charge is 0.384 e. The number of aryl methyl sites for hydroxylation is 3. The highest BCUT2D eigenvalue weighted by Gasteiger charge is 2.32. The quantitative estimate of drug-likeness (QED) is 0.774. The molecule has 6 heteroatoms. The zero-order valence-corrected chi connectivity index (χ0v) is 12.5. The number of nitrogens with one attached hydrogen (secondary N) is 1. The van der Waals surface area contributed by atoms with Crippen LogP contribution >= 0.6 is 0 Å². The second-order valence-electron chi connectivity index (χ2n) is 5.50. The van der Waals surface area contributed by atoms with Crippen molar-refractivity contribution in [2.45, 2.75) is 20.8 Å². The van der Waals surface area contributed by atoms with Crippen molar-refractivity contribution < 1.29 is 9.59 Å². The zero-order valence-electron chi connectivity index (χ0n) is 12.5. The van der Waals surface area contributed by atoms with Crippen LogP contribution < -0.4 is 16.6 Å². The molecule has 1 aliphatic rings. The molecule has 0 unspecified atom stereocenters. The summed E-state index contributed by atoms with van der Waals surface area (Å²) in [6, 6.07) is 4.96. The first kappa shape index (κ1) is 14.1. The zero-order chi connectivity index (χ0) is 16.2. The Morgan fingerprint density at radius 3 is 2.23 bits per heavy atom. The van der Waals surface area contributed by atoms with Gasteiger partial charge in [0.15, 0.2) is 0 Å². The number of pyridine rings is 1. The molecule has 2 aromatic rings. The van der Waals surface area contributed by atoms with E-state index in [1.54, 1.807) is 0 Å². The topological polar surface area (TPSA) is 94.2 Å². The molecule has 1 aromatic carbocycles. The van der Waals surface area contributed by atoms with Crippen LogP contribution in [0, 0.1) is 20.8 Å². The summed E-state index contributed by atoms with van der Waals surface area (Å²) in [5.41, 5.74) is 9.26. The number of hydrogen-bond acceptors (Lipinski definition) is 4. The van der Waals surface area contributed by atoms with Crippen molar-refractivity contribution in [3.8, 4) is 5.69 Å². The van der Waals surface area contributed by atoms with Crippen molar-refractivity contribution in [2.75, 3.05) is 5.73 Å². The minimum atomic E-state index is -0.590. The second-order valence-corrected chi connectivity index (χ2v) is 5.50. The second kappa shape index (κ2) is 4.56. The summed E-state index contributed by atoms with van der Waals surface area (Å²) < 4.78 is 1.28. The van der Waals surface area contributed by atoms with Gasteiger partial charge in [-0.05, 0) is 43.5 Å². The third-order valence-electron chi connectivity index (χ3n) is 4.01. The maximum absolute atomic E-state index is 12.4. The third-order valence-corrected chi connectivity index (χ3v) is 4.01. The highest BCUT2D eigenvalue weighted by Crippen LogP contribution is 2.25. The summed E-state index contributed by atoms with van der Waals surface area (Å²) in [7, 11) is 0. The number of fused-ring (bicyclic) bond motifs is 1. The third kappa shape index (κ3) is 1.84. The molecule has 0 fully saturated rings. The SMILES string of the molecule is Cc1cc(C)c(-n2c(N)c3c(cc2=O)C(=O)NC3=O)cc1C. The van der Waals surface area contributed by atoms with Crippen LogP contribution in [0.2, 0.25) is 0 Å². The highest BCUT2D eigenvalue weighted by atomic mass is 16.2. The fraction of sp³-hybridized carbons (Fsp3) is 0.188. The number of amides is 2. The van der Waals surface area contributed by atoms with E-state index in [0.29, 0.717) is 5.69 Å². The van der Waals surface area contributed by atoms with E-state index >= 15 is 0 Å². The maximum atomic E-state index is 12.4. The average molecular weight is 297 g/mol. The Morgan fingerprint density at radius 2 is 1.55 bits per heavy atom. The van der Waals surface area contributed by atoms with E-state index in [9.17, 15) is 14.4 Å². The molecule has 1 aromatic heterocycles. The molecule has 0 spiro atoms. The number of nitrogen functional groups attached to an aromatic ring is 1. The normalized spacial score (nSPS) is 13.2. The molecule has 3 N–H and O–H groups in total. The minimum absolute atomic E-state index is 0.0165. The van der Waals surface area contributed by atoms with E-state index in [4.69, 9.17) is 5.73 Å². The maximum Gasteiger partial charge on any atom is 0.262 e. The summed E-state index contributed by atoms with van der Waals surface area (Å²) in [4.78, 5) is 35.9. The number of imide groups is 1. The smallest absolute Gasteiger partial charge is 0.262 e. The molecule has 2 heterocycles. The molecule has 0 radical (unpaired) electrons. The molecule has 0 atom stereocenters. The van der Waals surface area contributed by atoms with E-state index in [1.807, 2.05) is 32.9 Å². The van der Waals surface area contributed by atoms with Crippen molar-refractivity contribution in [1.82, 2.24) is 9.88 Å². The minimum Gasteiger partial charge on any atom is -0.384 e. The van der Waals surface area contributed by atoms with Crippen LogP contribution in [-0.4, -0.2) is 16.4 Å². The number of carbonyl (C=O) groups excluding carboxylic acids is 2. The number of rotatable bonds is 1. The highest BCUT2D eigenvalue weighted by molar-refractivity contribution is 6.23. The van der Waals surface area contributed by atoms with E-state index in [1.165, 1.54) is 4.57 Å². The lowest BCUT2D eigenvalue weighted by Gasteiger charge is -2.16. The van der Waals surface area contributed by atoms with Crippen molar-refractivity contribution >= 4 is 17.6 Å². The number of hydrogen-bond donors (Lipinski definition) is 2. The van der Waals surface area contributed by atoms with Gasteiger partial charge in [0, 0.05) is 6.07 Å². The Balaban J connectivity index is 2.37. The van der Waals surface area contributed by atoms with Gasteiger partial charge in [-0.25, -0.2) is 0 Å². The molecule has 3 rings (SSSR count). The number of benzene rings is 1. The van der Waals surface area contributed by atoms with Gasteiger partial charge in [-0.15, -0.1) is 0 Å². The van der Waals surface area contributed by atoms with Crippen LogP contribution in [0.3, 0.4) is 0 Å². The van der Waals surface area contributed by atoms with Crippen LogP contribution in [0.15, 0.2) is 23.0 Å². The summed E-state index contributed by atoms with van der Waals surface area (Å²) in [6.07, 6.45) is 0. The van der Waals surface area contributed by atoms with Crippen LogP contribution in [0.1, 0.15) is 37.4 Å². The molecule has 0 saturated heterocycles. The number of anilines is 1. The lowest BCUT2D eigenvalue weighted by atomic mass is 10.0. The van der Waals surface area contributed by atoms with Gasteiger partial charge < -0.3 is 5.73 Å². The van der Waals surface area contributed by atoms with Crippen LogP contribution in [0.25, 0.3) is 5.69 Å². The van der Waals surface area contributed by atoms with E-state index in [2.05, 4.69) is 5.32 Å². The van der Waals surface area contributed by atoms with Crippen LogP contribution in [0.5, 0.6) is 0 Å². The summed E-state index contributed by atoms with van der Waals surface area (Å²) in [5.74, 6) is -1.18. The van der Waals surface area contributed by atoms with Crippen LogP contribution in [0.4, 0.5) is 5.82 Å². The van der Waals surface area contributed by atoms with Crippen molar-refractivity contribution in [2.24, 2.45) is 0 Å². The Morgan fingerprint density at radius 1 is 0.909 bits per heavy atom. The fourth-order valence-corrected chi connectivity index (χ4v) is 2.71. The lowest BCUT2D eigenvalue weighted by Crippen LogP contribution is -2.24. The summed E-state index contributed by atoms with van der Waals surface area (Å²) >= 11 is 0. The van der Waals surface area contributed by atoms with Gasteiger partial charge in [-0.1, -0.05) is 6.07 Å². The molecule has 6 nitrogen and oxygen atoms in total. The van der Waals surface area contributed by atoms with Crippen LogP contribution in [-0.2, 0) is 0 Å². The first-order valence-electron chi connectivity index (χ1n) is 6.80. The molecular formula is C16H15N3O3. The van der Waals surface area contributed by atoms with Gasteiger partial charge in [0.05, 0.1) is 16.8 Å². The predicted molar refractivity (Wildman–Crippen MR) is 82.5 cm³/mol. The van der Waals surface area contributed by atoms with Crippen molar-refractivity contribution in [1.29, 1.82) is 0 Å². The van der Waals surface area contributed by atoms with Gasteiger partial charge in [-0.3, -0.25) is 24.3 Å². The van der Waals surface area contributed by atoms with Gasteiger partial charge in [0.2, 0.25) is 0 Å². The Labute approximate surface area is 126 Å². The van der Waals surface area contributed by atoms with Gasteiger partial charge in [0.1, 0.15) is 5.82 Å². The van der Waals surface area contributed by atoms with Gasteiger partial charge >= 0.3 is 0 Å². The van der Waals surface area contributed by atoms with E-state index in [0.717, 1.165) is 22.8 Å². The summed E-state index contributed by atoms with van der Waals surface area (Å²) in [5, 5.41) is 2.15. The lowest BCUT2D eigenvalue weighted by molar-refractivity contribution is 0.0880.